The van der Waals surface area contributed by atoms with Crippen LogP contribution in [-0.2, 0) is 17.1 Å². The number of nitrogens with zero attached hydrogens (tertiary/aromatic N) is 4. The summed E-state index contributed by atoms with van der Waals surface area (Å²) >= 11 is 1.27. The molecule has 0 spiro atoms. The number of aromatic nitrogens is 3. The van der Waals surface area contributed by atoms with Gasteiger partial charge in [-0.3, -0.25) is 4.79 Å². The van der Waals surface area contributed by atoms with Gasteiger partial charge < -0.3 is 9.88 Å². The van der Waals surface area contributed by atoms with Gasteiger partial charge in [-0.2, -0.15) is 4.31 Å². The SMILES string of the molecule is CCN(CC)S(=O)(=O)c1cc(C(=O)Nc2ccc(-c3csnn3)cc2)n(C)c1. The van der Waals surface area contributed by atoms with E-state index in [9.17, 15) is 13.2 Å². The molecule has 0 saturated carbocycles. The average molecular weight is 420 g/mol. The maximum absolute atomic E-state index is 12.7. The first kappa shape index (κ1) is 20.2. The van der Waals surface area contributed by atoms with E-state index in [1.807, 2.05) is 17.5 Å². The third-order valence-electron chi connectivity index (χ3n) is 4.35. The lowest BCUT2D eigenvalue weighted by Crippen LogP contribution is -2.30. The molecule has 10 heteroatoms. The predicted molar refractivity (Wildman–Crippen MR) is 109 cm³/mol. The van der Waals surface area contributed by atoms with Crippen LogP contribution in [0.15, 0.2) is 46.8 Å². The Kier molecular flexibility index (Phi) is 5.92. The molecule has 0 saturated heterocycles. The first-order chi connectivity index (χ1) is 13.4. The van der Waals surface area contributed by atoms with Crippen molar-refractivity contribution in [2.24, 2.45) is 7.05 Å². The average Bonchev–Trinajstić information content (AvgIpc) is 3.33. The Morgan fingerprint density at radius 2 is 1.89 bits per heavy atom. The van der Waals surface area contributed by atoms with Crippen LogP contribution in [0.5, 0.6) is 0 Å². The number of anilines is 1. The zero-order chi connectivity index (χ0) is 20.3. The highest BCUT2D eigenvalue weighted by Gasteiger charge is 2.25. The van der Waals surface area contributed by atoms with Crippen molar-refractivity contribution in [3.8, 4) is 11.3 Å². The van der Waals surface area contributed by atoms with E-state index in [1.54, 1.807) is 33.0 Å². The third kappa shape index (κ3) is 3.98. The molecule has 1 aromatic carbocycles. The first-order valence-corrected chi connectivity index (χ1v) is 11.0. The molecule has 2 heterocycles. The summed E-state index contributed by atoms with van der Waals surface area (Å²) in [6.07, 6.45) is 1.46. The molecule has 148 valence electrons. The second-order valence-corrected chi connectivity index (χ2v) is 8.63. The Hall–Kier alpha value is -2.56. The molecule has 3 rings (SSSR count). The molecular weight excluding hydrogens is 398 g/mol. The predicted octanol–water partition coefficient (Wildman–Crippen LogP) is 2.83. The molecule has 0 atom stereocenters. The lowest BCUT2D eigenvalue weighted by molar-refractivity contribution is 0.101. The van der Waals surface area contributed by atoms with Crippen LogP contribution in [0, 0.1) is 0 Å². The van der Waals surface area contributed by atoms with Crippen LogP contribution < -0.4 is 5.32 Å². The van der Waals surface area contributed by atoms with Crippen LogP contribution >= 0.6 is 11.5 Å². The number of benzene rings is 1. The van der Waals surface area contributed by atoms with Crippen molar-refractivity contribution in [2.45, 2.75) is 18.7 Å². The van der Waals surface area contributed by atoms with Gasteiger partial charge in [0, 0.05) is 43.0 Å². The van der Waals surface area contributed by atoms with Crippen LogP contribution in [0.25, 0.3) is 11.3 Å². The number of amides is 1. The maximum atomic E-state index is 12.7. The van der Waals surface area contributed by atoms with E-state index in [-0.39, 0.29) is 16.5 Å². The van der Waals surface area contributed by atoms with Crippen molar-refractivity contribution in [1.82, 2.24) is 18.5 Å². The van der Waals surface area contributed by atoms with Crippen LogP contribution in [0.4, 0.5) is 5.69 Å². The number of carbonyl (C=O) groups excluding carboxylic acids is 1. The normalized spacial score (nSPS) is 11.7. The summed E-state index contributed by atoms with van der Waals surface area (Å²) in [5.74, 6) is -0.383. The number of nitrogens with one attached hydrogen (secondary N) is 1. The molecule has 28 heavy (non-hydrogen) atoms. The van der Waals surface area contributed by atoms with E-state index >= 15 is 0 Å². The van der Waals surface area contributed by atoms with Gasteiger partial charge in [0.15, 0.2) is 0 Å². The van der Waals surface area contributed by atoms with Crippen LogP contribution in [-0.4, -0.2) is 45.9 Å². The van der Waals surface area contributed by atoms with Gasteiger partial charge in [0.25, 0.3) is 5.91 Å². The van der Waals surface area contributed by atoms with E-state index < -0.39 is 10.0 Å². The monoisotopic (exact) mass is 419 g/mol. The van der Waals surface area contributed by atoms with Crippen molar-refractivity contribution < 1.29 is 13.2 Å². The summed E-state index contributed by atoms with van der Waals surface area (Å²) < 4.78 is 32.0. The topological polar surface area (TPSA) is 97.2 Å². The third-order valence-corrected chi connectivity index (χ3v) is 6.87. The van der Waals surface area contributed by atoms with Gasteiger partial charge in [0.05, 0.1) is 0 Å². The van der Waals surface area contributed by atoms with E-state index in [0.717, 1.165) is 11.3 Å². The van der Waals surface area contributed by atoms with Crippen molar-refractivity contribution in [1.29, 1.82) is 0 Å². The van der Waals surface area contributed by atoms with E-state index in [4.69, 9.17) is 0 Å². The highest BCUT2D eigenvalue weighted by molar-refractivity contribution is 7.89. The quantitative estimate of drug-likeness (QED) is 0.635. The Balaban J connectivity index is 1.79. The summed E-state index contributed by atoms with van der Waals surface area (Å²) in [5.41, 5.74) is 2.54. The second kappa shape index (κ2) is 8.21. The molecule has 0 aliphatic heterocycles. The molecule has 0 fully saturated rings. The van der Waals surface area contributed by atoms with Gasteiger partial charge in [-0.15, -0.1) is 5.10 Å². The molecular formula is C18H21N5O3S2. The van der Waals surface area contributed by atoms with Crippen LogP contribution in [0.1, 0.15) is 24.3 Å². The van der Waals surface area contributed by atoms with Gasteiger partial charge >= 0.3 is 0 Å². The highest BCUT2D eigenvalue weighted by Crippen LogP contribution is 2.22. The number of sulfonamides is 1. The van der Waals surface area contributed by atoms with Gasteiger partial charge in [-0.25, -0.2) is 8.42 Å². The molecule has 8 nitrogen and oxygen atoms in total. The molecule has 0 unspecified atom stereocenters. The summed E-state index contributed by atoms with van der Waals surface area (Å²) in [5, 5.41) is 8.64. The zero-order valence-electron chi connectivity index (χ0n) is 15.8. The summed E-state index contributed by atoms with van der Waals surface area (Å²) in [4.78, 5) is 12.7. The summed E-state index contributed by atoms with van der Waals surface area (Å²) in [6, 6.07) is 8.62. The minimum absolute atomic E-state index is 0.107. The van der Waals surface area contributed by atoms with E-state index in [2.05, 4.69) is 14.9 Å². The Labute approximate surface area is 168 Å². The Bertz CT molecular complexity index is 1050. The van der Waals surface area contributed by atoms with Crippen molar-refractivity contribution in [3.63, 3.8) is 0 Å². The number of carbonyl (C=O) groups is 1. The highest BCUT2D eigenvalue weighted by atomic mass is 32.2. The fourth-order valence-corrected chi connectivity index (χ4v) is 4.82. The summed E-state index contributed by atoms with van der Waals surface area (Å²) in [6.45, 7) is 4.30. The fourth-order valence-electron chi connectivity index (χ4n) is 2.82. The van der Waals surface area contributed by atoms with E-state index in [1.165, 1.54) is 32.7 Å². The molecule has 0 bridgehead atoms. The number of rotatable bonds is 7. The number of hydrogen-bond acceptors (Lipinski definition) is 6. The maximum Gasteiger partial charge on any atom is 0.272 e. The molecule has 0 radical (unpaired) electrons. The minimum atomic E-state index is -3.62. The van der Waals surface area contributed by atoms with Crippen molar-refractivity contribution in [3.05, 3.63) is 47.6 Å². The standard InChI is InChI=1S/C18H21N5O3S2/c1-4-23(5-2)28(25,26)15-10-17(22(3)11-15)18(24)19-14-8-6-13(7-9-14)16-12-27-21-20-16/h6-12H,4-5H2,1-3H3,(H,19,24). The fraction of sp³-hybridized carbons (Fsp3) is 0.278. The number of aryl methyl sites for hydroxylation is 1. The molecule has 1 N–H and O–H groups in total. The largest absolute Gasteiger partial charge is 0.345 e. The lowest BCUT2D eigenvalue weighted by Gasteiger charge is -2.17. The Morgan fingerprint density at radius 3 is 2.46 bits per heavy atom. The van der Waals surface area contributed by atoms with Gasteiger partial charge in [-0.1, -0.05) is 30.5 Å². The molecule has 0 aliphatic carbocycles. The molecule has 0 aliphatic rings. The van der Waals surface area contributed by atoms with Gasteiger partial charge in [-0.05, 0) is 29.7 Å². The molecule has 3 aromatic rings. The smallest absolute Gasteiger partial charge is 0.272 e. The second-order valence-electron chi connectivity index (χ2n) is 6.08. The van der Waals surface area contributed by atoms with E-state index in [0.29, 0.717) is 18.8 Å². The Morgan fingerprint density at radius 1 is 1.21 bits per heavy atom. The first-order valence-electron chi connectivity index (χ1n) is 8.72. The lowest BCUT2D eigenvalue weighted by atomic mass is 10.1. The van der Waals surface area contributed by atoms with Gasteiger partial charge in [0.2, 0.25) is 10.0 Å². The minimum Gasteiger partial charge on any atom is -0.345 e. The zero-order valence-corrected chi connectivity index (χ0v) is 17.4. The van der Waals surface area contributed by atoms with Crippen LogP contribution in [0.3, 0.4) is 0 Å². The molecule has 2 aromatic heterocycles. The summed E-state index contributed by atoms with van der Waals surface area (Å²) in [7, 11) is -1.97. The number of hydrogen-bond donors (Lipinski definition) is 1. The molecule has 1 amide bonds. The van der Waals surface area contributed by atoms with Crippen molar-refractivity contribution >= 4 is 33.2 Å². The van der Waals surface area contributed by atoms with Crippen molar-refractivity contribution in [2.75, 3.05) is 18.4 Å². The van der Waals surface area contributed by atoms with Gasteiger partial charge in [0.1, 0.15) is 16.3 Å². The van der Waals surface area contributed by atoms with Crippen LogP contribution in [0.2, 0.25) is 0 Å².